The molecule has 8 nitrogen and oxygen atoms in total. The number of nitrogens with one attached hydrogen (secondary N) is 1. The molecule has 3 N–H and O–H groups in total. The lowest BCUT2D eigenvalue weighted by Crippen LogP contribution is -2.18. The van der Waals surface area contributed by atoms with Crippen molar-refractivity contribution in [1.82, 2.24) is 9.78 Å². The summed E-state index contributed by atoms with van der Waals surface area (Å²) in [7, 11) is -2.52. The van der Waals surface area contributed by atoms with E-state index in [9.17, 15) is 17.6 Å². The van der Waals surface area contributed by atoms with Crippen LogP contribution in [-0.2, 0) is 16.6 Å². The minimum absolute atomic E-state index is 0.0599. The Bertz CT molecular complexity index is 1480. The Kier molecular flexibility index (Phi) is 6.68. The molecule has 0 aliphatic carbocycles. The number of aryl methyl sites for hydroxylation is 1. The number of aromatic nitrogens is 2. The van der Waals surface area contributed by atoms with Gasteiger partial charge < -0.3 is 10.1 Å². The smallest absolute Gasteiger partial charge is 0.274 e. The van der Waals surface area contributed by atoms with Gasteiger partial charge in [0.15, 0.2) is 11.6 Å². The maximum absolute atomic E-state index is 14.7. The Morgan fingerprint density at radius 3 is 2.29 bits per heavy atom. The number of hydrogen-bond donors (Lipinski definition) is 2. The van der Waals surface area contributed by atoms with Crippen LogP contribution in [0.2, 0.25) is 0 Å². The number of benzene rings is 3. The Morgan fingerprint density at radius 2 is 1.71 bits per heavy atom. The van der Waals surface area contributed by atoms with Gasteiger partial charge in [0.25, 0.3) is 5.91 Å². The number of hydrogen-bond acceptors (Lipinski definition) is 5. The van der Waals surface area contributed by atoms with E-state index < -0.39 is 21.7 Å². The molecule has 0 aliphatic heterocycles. The quantitative estimate of drug-likeness (QED) is 0.398. The molecule has 4 rings (SSSR count). The van der Waals surface area contributed by atoms with Gasteiger partial charge in [-0.2, -0.15) is 5.10 Å². The van der Waals surface area contributed by atoms with Crippen LogP contribution in [0.3, 0.4) is 0 Å². The Labute approximate surface area is 202 Å². The summed E-state index contributed by atoms with van der Waals surface area (Å²) in [6, 6.07) is 19.1. The third kappa shape index (κ3) is 4.93. The first kappa shape index (κ1) is 24.1. The number of carbonyl (C=O) groups is 1. The van der Waals surface area contributed by atoms with Crippen molar-refractivity contribution in [1.29, 1.82) is 0 Å². The fourth-order valence-electron chi connectivity index (χ4n) is 3.73. The fraction of sp³-hybridized carbons (Fsp3) is 0.120. The van der Waals surface area contributed by atoms with Crippen molar-refractivity contribution in [3.05, 3.63) is 84.3 Å². The van der Waals surface area contributed by atoms with Crippen LogP contribution in [0.15, 0.2) is 77.7 Å². The molecule has 0 spiro atoms. The van der Waals surface area contributed by atoms with E-state index in [1.165, 1.54) is 36.1 Å². The first-order valence-corrected chi connectivity index (χ1v) is 12.2. The molecule has 1 heterocycles. The van der Waals surface area contributed by atoms with E-state index in [-0.39, 0.29) is 16.3 Å². The van der Waals surface area contributed by atoms with Gasteiger partial charge in [0.1, 0.15) is 11.4 Å². The number of primary sulfonamides is 1. The largest absolute Gasteiger partial charge is 0.494 e. The van der Waals surface area contributed by atoms with Crippen molar-refractivity contribution >= 4 is 21.6 Å². The van der Waals surface area contributed by atoms with Crippen LogP contribution in [0.4, 0.5) is 10.1 Å². The molecule has 180 valence electrons. The second kappa shape index (κ2) is 9.69. The van der Waals surface area contributed by atoms with Crippen molar-refractivity contribution in [2.24, 2.45) is 5.14 Å². The molecule has 0 fully saturated rings. The summed E-state index contributed by atoms with van der Waals surface area (Å²) in [6.45, 7) is 2.19. The molecule has 0 saturated heterocycles. The number of nitrogens with zero attached hydrogens (tertiary/aromatic N) is 2. The monoisotopic (exact) mass is 494 g/mol. The van der Waals surface area contributed by atoms with Crippen molar-refractivity contribution in [3.8, 4) is 28.1 Å². The van der Waals surface area contributed by atoms with Gasteiger partial charge in [-0.15, -0.1) is 0 Å². The molecule has 0 bridgehead atoms. The topological polar surface area (TPSA) is 116 Å². The van der Waals surface area contributed by atoms with E-state index in [1.54, 1.807) is 42.5 Å². The summed E-state index contributed by atoms with van der Waals surface area (Å²) >= 11 is 0. The highest BCUT2D eigenvalue weighted by molar-refractivity contribution is 7.89. The molecule has 0 saturated carbocycles. The van der Waals surface area contributed by atoms with Crippen molar-refractivity contribution in [3.63, 3.8) is 0 Å². The lowest BCUT2D eigenvalue weighted by molar-refractivity contribution is 0.101. The molecule has 0 unspecified atom stereocenters. The van der Waals surface area contributed by atoms with Gasteiger partial charge in [0.05, 0.1) is 12.0 Å². The number of amides is 1. The standard InChI is InChI=1S/C25H23FN4O4S/c1-3-30-24(25(31)28-18-7-5-4-6-8-18)22(17-11-14-21(34-2)20(26)15-17)23(29-30)16-9-12-19(13-10-16)35(27,32)33/h4-15H,3H2,1-2H3,(H,28,31)(H2,27,32,33). The lowest BCUT2D eigenvalue weighted by Gasteiger charge is -2.11. The molecule has 3 aromatic carbocycles. The number of methoxy groups -OCH3 is 1. The molecule has 1 aromatic heterocycles. The summed E-state index contributed by atoms with van der Waals surface area (Å²) in [5, 5.41) is 12.7. The van der Waals surface area contributed by atoms with E-state index >= 15 is 0 Å². The molecule has 0 atom stereocenters. The lowest BCUT2D eigenvalue weighted by atomic mass is 9.98. The Balaban J connectivity index is 1.92. The van der Waals surface area contributed by atoms with Gasteiger partial charge in [-0.05, 0) is 48.9 Å². The van der Waals surface area contributed by atoms with Gasteiger partial charge in [-0.1, -0.05) is 36.4 Å². The Hall–Kier alpha value is -4.02. The van der Waals surface area contributed by atoms with Crippen LogP contribution in [0.25, 0.3) is 22.4 Å². The second-order valence-corrected chi connectivity index (χ2v) is 9.19. The van der Waals surface area contributed by atoms with Crippen LogP contribution in [-0.4, -0.2) is 31.2 Å². The summed E-state index contributed by atoms with van der Waals surface area (Å²) < 4.78 is 44.6. The maximum atomic E-state index is 14.7. The maximum Gasteiger partial charge on any atom is 0.274 e. The summed E-state index contributed by atoms with van der Waals surface area (Å²) in [5.74, 6) is -0.964. The molecule has 35 heavy (non-hydrogen) atoms. The molecule has 10 heteroatoms. The van der Waals surface area contributed by atoms with E-state index in [4.69, 9.17) is 9.88 Å². The van der Waals surface area contributed by atoms with Gasteiger partial charge >= 0.3 is 0 Å². The van der Waals surface area contributed by atoms with E-state index in [1.807, 2.05) is 13.0 Å². The second-order valence-electron chi connectivity index (χ2n) is 7.63. The minimum atomic E-state index is -3.89. The third-order valence-corrected chi connectivity index (χ3v) is 6.32. The number of rotatable bonds is 7. The van der Waals surface area contributed by atoms with Crippen molar-refractivity contribution < 1.29 is 22.3 Å². The van der Waals surface area contributed by atoms with E-state index in [0.717, 1.165) is 0 Å². The summed E-state index contributed by atoms with van der Waals surface area (Å²) in [4.78, 5) is 13.4. The number of carbonyl (C=O) groups excluding carboxylic acids is 1. The van der Waals surface area contributed by atoms with Crippen LogP contribution in [0.5, 0.6) is 5.75 Å². The van der Waals surface area contributed by atoms with Gasteiger partial charge in [-0.25, -0.2) is 17.9 Å². The number of sulfonamides is 1. The Morgan fingerprint density at radius 1 is 1.06 bits per heavy atom. The number of halogens is 1. The first-order valence-electron chi connectivity index (χ1n) is 10.7. The minimum Gasteiger partial charge on any atom is -0.494 e. The highest BCUT2D eigenvalue weighted by Crippen LogP contribution is 2.37. The highest BCUT2D eigenvalue weighted by atomic mass is 32.2. The SMILES string of the molecule is CCn1nc(-c2ccc(S(N)(=O)=O)cc2)c(-c2ccc(OC)c(F)c2)c1C(=O)Nc1ccccc1. The highest BCUT2D eigenvalue weighted by Gasteiger charge is 2.26. The van der Waals surface area contributed by atoms with Gasteiger partial charge in [-0.3, -0.25) is 9.48 Å². The molecule has 1 amide bonds. The van der Waals surface area contributed by atoms with Crippen LogP contribution >= 0.6 is 0 Å². The zero-order valence-corrected chi connectivity index (χ0v) is 19.8. The molecule has 0 radical (unpaired) electrons. The van der Waals surface area contributed by atoms with Crippen LogP contribution < -0.4 is 15.2 Å². The van der Waals surface area contributed by atoms with Crippen molar-refractivity contribution in [2.75, 3.05) is 12.4 Å². The predicted octanol–water partition coefficient (Wildman–Crippen LogP) is 4.28. The van der Waals surface area contributed by atoms with Gasteiger partial charge in [0.2, 0.25) is 10.0 Å². The summed E-state index contributed by atoms with van der Waals surface area (Å²) in [6.07, 6.45) is 0. The predicted molar refractivity (Wildman–Crippen MR) is 131 cm³/mol. The summed E-state index contributed by atoms with van der Waals surface area (Å²) in [5.41, 5.74) is 2.54. The normalized spacial score (nSPS) is 11.3. The number of para-hydroxylation sites is 1. The average Bonchev–Trinajstić information content (AvgIpc) is 3.24. The van der Waals surface area contributed by atoms with E-state index in [2.05, 4.69) is 10.4 Å². The zero-order chi connectivity index (χ0) is 25.2. The fourth-order valence-corrected chi connectivity index (χ4v) is 4.25. The van der Waals surface area contributed by atoms with Crippen molar-refractivity contribution in [2.45, 2.75) is 18.4 Å². The molecule has 4 aromatic rings. The zero-order valence-electron chi connectivity index (χ0n) is 19.0. The van der Waals surface area contributed by atoms with Gasteiger partial charge in [0, 0.05) is 23.4 Å². The van der Waals surface area contributed by atoms with Crippen LogP contribution in [0.1, 0.15) is 17.4 Å². The number of ether oxygens (including phenoxy) is 1. The van der Waals surface area contributed by atoms with E-state index in [0.29, 0.717) is 34.6 Å². The molecular weight excluding hydrogens is 471 g/mol. The average molecular weight is 495 g/mol. The molecule has 0 aliphatic rings. The van der Waals surface area contributed by atoms with Crippen LogP contribution in [0, 0.1) is 5.82 Å². The molecular formula is C25H23FN4O4S. The first-order chi connectivity index (χ1) is 16.7. The third-order valence-electron chi connectivity index (χ3n) is 5.40. The number of anilines is 1. The number of nitrogens with two attached hydrogens (primary N) is 1.